The normalized spacial score (nSPS) is 37.9. The summed E-state index contributed by atoms with van der Waals surface area (Å²) in [6.07, 6.45) is 1.28. The number of ketones is 1. The van der Waals surface area contributed by atoms with E-state index in [0.29, 0.717) is 36.3 Å². The van der Waals surface area contributed by atoms with E-state index in [1.165, 1.54) is 0 Å². The van der Waals surface area contributed by atoms with E-state index in [4.69, 9.17) is 18.9 Å². The number of benzene rings is 2. The quantitative estimate of drug-likeness (QED) is 0.620. The second-order valence-corrected chi connectivity index (χ2v) is 9.81. The van der Waals surface area contributed by atoms with E-state index < -0.39 is 41.5 Å². The van der Waals surface area contributed by atoms with E-state index in [2.05, 4.69) is 0 Å². The summed E-state index contributed by atoms with van der Waals surface area (Å²) in [4.78, 5) is 25.9. The van der Waals surface area contributed by atoms with Crippen molar-refractivity contribution >= 4 is 22.5 Å². The number of carbonyl (C=O) groups excluding carboxylic acids is 2. The van der Waals surface area contributed by atoms with Gasteiger partial charge in [-0.2, -0.15) is 0 Å². The van der Waals surface area contributed by atoms with Gasteiger partial charge in [-0.15, -0.1) is 0 Å². The number of carbonyl (C=O) groups is 2. The summed E-state index contributed by atoms with van der Waals surface area (Å²) in [5.74, 6) is -1.78. The van der Waals surface area contributed by atoms with Gasteiger partial charge < -0.3 is 24.1 Å². The third kappa shape index (κ3) is 2.36. The van der Waals surface area contributed by atoms with Crippen molar-refractivity contribution in [2.24, 2.45) is 11.8 Å². The Labute approximate surface area is 190 Å². The van der Waals surface area contributed by atoms with Crippen LogP contribution in [-0.2, 0) is 19.1 Å². The van der Waals surface area contributed by atoms with Gasteiger partial charge in [-0.1, -0.05) is 30.3 Å². The van der Waals surface area contributed by atoms with Gasteiger partial charge in [-0.05, 0) is 30.9 Å². The third-order valence-electron chi connectivity index (χ3n) is 8.23. The van der Waals surface area contributed by atoms with Crippen LogP contribution in [-0.4, -0.2) is 46.6 Å². The van der Waals surface area contributed by atoms with E-state index in [1.807, 2.05) is 49.4 Å². The van der Waals surface area contributed by atoms with Crippen molar-refractivity contribution in [3.63, 3.8) is 0 Å². The van der Waals surface area contributed by atoms with Crippen LogP contribution in [0.25, 0.3) is 10.8 Å². The van der Waals surface area contributed by atoms with Crippen molar-refractivity contribution in [2.75, 3.05) is 0 Å². The first-order chi connectivity index (χ1) is 15.9. The number of aliphatic hydroxyl groups is 1. The Kier molecular flexibility index (Phi) is 3.77. The van der Waals surface area contributed by atoms with Crippen LogP contribution in [0.5, 0.6) is 11.5 Å². The fraction of sp³-hybridized carbons (Fsp3) is 0.462. The average molecular weight is 448 g/mol. The molecule has 2 aromatic carbocycles. The van der Waals surface area contributed by atoms with Gasteiger partial charge in [0.05, 0.1) is 35.5 Å². The lowest BCUT2D eigenvalue weighted by Gasteiger charge is -2.51. The second-order valence-electron chi connectivity index (χ2n) is 9.81. The lowest BCUT2D eigenvalue weighted by Crippen LogP contribution is -2.64. The molecule has 1 N–H and O–H groups in total. The maximum absolute atomic E-state index is 13.9. The fourth-order valence-corrected chi connectivity index (χ4v) is 6.81. The molecule has 5 aliphatic rings. The molecule has 33 heavy (non-hydrogen) atoms. The Hall–Kier alpha value is -2.90. The van der Waals surface area contributed by atoms with E-state index in [-0.39, 0.29) is 18.2 Å². The Morgan fingerprint density at radius 3 is 2.36 bits per heavy atom. The van der Waals surface area contributed by atoms with Crippen LogP contribution in [0.2, 0.25) is 0 Å². The molecule has 3 aliphatic heterocycles. The molecule has 3 heterocycles. The van der Waals surface area contributed by atoms with Gasteiger partial charge in [-0.3, -0.25) is 9.59 Å². The standard InChI is InChI=1S/C26H24O7/c1-13-25(12-10-18(27)33-25)21-22(28)15-7-4-11-26(20(15)23(29)24(21)30-13)31-16-8-2-5-14-6-3-9-17(32-26)19(14)16/h2-3,5-9,13,20-21,23-24,29H,4,10-12H2,1H3. The monoisotopic (exact) mass is 448 g/mol. The highest BCUT2D eigenvalue weighted by molar-refractivity contribution is 6.01. The lowest BCUT2D eigenvalue weighted by atomic mass is 9.62. The highest BCUT2D eigenvalue weighted by Crippen LogP contribution is 2.57. The lowest BCUT2D eigenvalue weighted by molar-refractivity contribution is -0.207. The molecule has 0 aromatic heterocycles. The molecule has 6 unspecified atom stereocenters. The maximum atomic E-state index is 13.9. The molecule has 0 radical (unpaired) electrons. The number of ether oxygens (including phenoxy) is 4. The smallest absolute Gasteiger partial charge is 0.306 e. The predicted molar refractivity (Wildman–Crippen MR) is 116 cm³/mol. The Bertz CT molecular complexity index is 1210. The number of fused-ring (bicyclic) bond motifs is 4. The van der Waals surface area contributed by atoms with Crippen LogP contribution in [0.4, 0.5) is 0 Å². The molecule has 0 amide bonds. The molecule has 2 spiro atoms. The molecule has 7 nitrogen and oxygen atoms in total. The van der Waals surface area contributed by atoms with Crippen LogP contribution in [0.3, 0.4) is 0 Å². The van der Waals surface area contributed by atoms with Crippen molar-refractivity contribution in [3.8, 4) is 11.5 Å². The van der Waals surface area contributed by atoms with Crippen LogP contribution in [0.15, 0.2) is 48.0 Å². The third-order valence-corrected chi connectivity index (χ3v) is 8.23. The van der Waals surface area contributed by atoms with Crippen LogP contribution in [0, 0.1) is 11.8 Å². The number of allylic oxidation sites excluding steroid dienone is 1. The van der Waals surface area contributed by atoms with Crippen LogP contribution >= 0.6 is 0 Å². The van der Waals surface area contributed by atoms with Crippen molar-refractivity contribution in [1.82, 2.24) is 0 Å². The van der Waals surface area contributed by atoms with Crippen LogP contribution < -0.4 is 9.47 Å². The van der Waals surface area contributed by atoms with Crippen molar-refractivity contribution in [1.29, 1.82) is 0 Å². The number of aliphatic hydroxyl groups excluding tert-OH is 1. The first kappa shape index (κ1) is 19.6. The van der Waals surface area contributed by atoms with Gasteiger partial charge in [0.25, 0.3) is 5.79 Å². The largest absolute Gasteiger partial charge is 0.455 e. The number of rotatable bonds is 0. The molecule has 6 atom stereocenters. The van der Waals surface area contributed by atoms with E-state index >= 15 is 0 Å². The summed E-state index contributed by atoms with van der Waals surface area (Å²) in [5, 5.41) is 13.6. The minimum Gasteiger partial charge on any atom is -0.455 e. The van der Waals surface area contributed by atoms with Crippen LogP contribution in [0.1, 0.15) is 32.6 Å². The van der Waals surface area contributed by atoms with E-state index in [0.717, 1.165) is 10.8 Å². The zero-order chi connectivity index (χ0) is 22.5. The van der Waals surface area contributed by atoms with Crippen molar-refractivity contribution in [3.05, 3.63) is 48.0 Å². The van der Waals surface area contributed by atoms with E-state index in [1.54, 1.807) is 0 Å². The van der Waals surface area contributed by atoms with Gasteiger partial charge in [0.1, 0.15) is 11.5 Å². The molecule has 2 aromatic rings. The maximum Gasteiger partial charge on any atom is 0.306 e. The second kappa shape index (κ2) is 6.36. The zero-order valence-corrected chi connectivity index (χ0v) is 18.2. The minimum absolute atomic E-state index is 0.141. The average Bonchev–Trinajstić information content (AvgIpc) is 3.32. The van der Waals surface area contributed by atoms with Gasteiger partial charge in [0.15, 0.2) is 11.4 Å². The van der Waals surface area contributed by atoms with Crippen molar-refractivity contribution in [2.45, 2.75) is 62.3 Å². The summed E-state index contributed by atoms with van der Waals surface area (Å²) in [5.41, 5.74) is -0.538. The molecular formula is C26H24O7. The topological polar surface area (TPSA) is 91.3 Å². The molecule has 0 bridgehead atoms. The summed E-state index contributed by atoms with van der Waals surface area (Å²) >= 11 is 0. The first-order valence-electron chi connectivity index (χ1n) is 11.6. The molecule has 1 saturated carbocycles. The molecular weight excluding hydrogens is 424 g/mol. The predicted octanol–water partition coefficient (Wildman–Crippen LogP) is 3.07. The highest BCUT2D eigenvalue weighted by atomic mass is 16.7. The Balaban J connectivity index is 1.33. The SMILES string of the molecule is CC1OC2C(O)C3C(=CCCC34Oc3cccc5cccc(c35)O4)C(=O)C2C12CCC(=O)O2. The molecule has 7 rings (SSSR count). The molecule has 3 fully saturated rings. The van der Waals surface area contributed by atoms with E-state index in [9.17, 15) is 14.7 Å². The number of hydrogen-bond acceptors (Lipinski definition) is 7. The highest BCUT2D eigenvalue weighted by Gasteiger charge is 2.70. The number of esters is 1. The summed E-state index contributed by atoms with van der Waals surface area (Å²) in [6, 6.07) is 11.7. The molecule has 7 heteroatoms. The summed E-state index contributed by atoms with van der Waals surface area (Å²) < 4.78 is 24.9. The fourth-order valence-electron chi connectivity index (χ4n) is 6.81. The minimum atomic E-state index is -1.22. The molecule has 2 saturated heterocycles. The number of hydrogen-bond donors (Lipinski definition) is 1. The first-order valence-corrected chi connectivity index (χ1v) is 11.6. The van der Waals surface area contributed by atoms with Gasteiger partial charge in [0.2, 0.25) is 0 Å². The number of Topliss-reactive ketones (excluding diaryl/α,β-unsaturated/α-hetero) is 1. The summed E-state index contributed by atoms with van der Waals surface area (Å²) in [7, 11) is 0. The zero-order valence-electron chi connectivity index (χ0n) is 18.2. The Morgan fingerprint density at radius 1 is 0.970 bits per heavy atom. The molecule has 170 valence electrons. The van der Waals surface area contributed by atoms with Gasteiger partial charge in [0, 0.05) is 24.8 Å². The van der Waals surface area contributed by atoms with Gasteiger partial charge >= 0.3 is 5.97 Å². The van der Waals surface area contributed by atoms with Crippen molar-refractivity contribution < 1.29 is 33.6 Å². The van der Waals surface area contributed by atoms with Gasteiger partial charge in [-0.25, -0.2) is 0 Å². The molecule has 2 aliphatic carbocycles. The Morgan fingerprint density at radius 2 is 1.70 bits per heavy atom. The summed E-state index contributed by atoms with van der Waals surface area (Å²) in [6.45, 7) is 1.81.